The third-order valence-electron chi connectivity index (χ3n) is 4.39. The molecule has 0 atom stereocenters. The summed E-state index contributed by atoms with van der Waals surface area (Å²) in [6.45, 7) is 0. The van der Waals surface area contributed by atoms with Gasteiger partial charge in [0.2, 0.25) is 0 Å². The fraction of sp³-hybridized carbons (Fsp3) is 0.412. The van der Waals surface area contributed by atoms with E-state index in [0.29, 0.717) is 0 Å². The van der Waals surface area contributed by atoms with Crippen molar-refractivity contribution in [1.29, 1.82) is 0 Å². The van der Waals surface area contributed by atoms with E-state index in [0.717, 1.165) is 56.0 Å². The monoisotopic (exact) mass is 371 g/mol. The van der Waals surface area contributed by atoms with Gasteiger partial charge in [-0.1, -0.05) is 25.3 Å². The molecule has 0 spiro atoms. The zero-order chi connectivity index (χ0) is 18.2. The van der Waals surface area contributed by atoms with E-state index in [1.54, 1.807) is 0 Å². The first-order valence-corrected chi connectivity index (χ1v) is 8.76. The molecule has 0 aromatic heterocycles. The number of aromatic hydroxyl groups is 1. The van der Waals surface area contributed by atoms with E-state index in [1.165, 1.54) is 17.0 Å². The molecular weight excluding hydrogens is 355 g/mol. The SMILES string of the molecule is O=C1SC(=Cc2ccc(O)c(C(F)(F)F)c2)C(=O)N1C1CCCCC1. The van der Waals surface area contributed by atoms with E-state index in [-0.39, 0.29) is 21.7 Å². The molecule has 1 saturated carbocycles. The molecule has 1 N–H and O–H groups in total. The quantitative estimate of drug-likeness (QED) is 0.760. The molecule has 4 nitrogen and oxygen atoms in total. The Morgan fingerprint density at radius 2 is 1.84 bits per heavy atom. The molecule has 1 aliphatic carbocycles. The fourth-order valence-electron chi connectivity index (χ4n) is 3.16. The van der Waals surface area contributed by atoms with Crippen molar-refractivity contribution in [1.82, 2.24) is 4.90 Å². The number of phenols is 1. The summed E-state index contributed by atoms with van der Waals surface area (Å²) in [6.07, 6.45) is 1.09. The fourth-order valence-corrected chi connectivity index (χ4v) is 4.05. The molecule has 2 fully saturated rings. The van der Waals surface area contributed by atoms with Gasteiger partial charge in [-0.15, -0.1) is 0 Å². The number of hydrogen-bond acceptors (Lipinski definition) is 4. The van der Waals surface area contributed by atoms with Crippen LogP contribution in [0.15, 0.2) is 23.1 Å². The maximum Gasteiger partial charge on any atom is 0.419 e. The molecule has 0 bridgehead atoms. The zero-order valence-corrected chi connectivity index (χ0v) is 14.0. The molecule has 134 valence electrons. The highest BCUT2D eigenvalue weighted by Crippen LogP contribution is 2.39. The van der Waals surface area contributed by atoms with Gasteiger partial charge in [-0.2, -0.15) is 13.2 Å². The van der Waals surface area contributed by atoms with Gasteiger partial charge >= 0.3 is 6.18 Å². The van der Waals surface area contributed by atoms with Crippen LogP contribution in [0, 0.1) is 0 Å². The smallest absolute Gasteiger partial charge is 0.419 e. The molecule has 1 heterocycles. The van der Waals surface area contributed by atoms with Crippen LogP contribution in [0.4, 0.5) is 18.0 Å². The molecule has 8 heteroatoms. The average Bonchev–Trinajstić information content (AvgIpc) is 2.83. The Hall–Kier alpha value is -1.96. The first-order chi connectivity index (χ1) is 11.8. The lowest BCUT2D eigenvalue weighted by Gasteiger charge is -2.28. The Balaban J connectivity index is 1.87. The normalized spacial score (nSPS) is 21.4. The van der Waals surface area contributed by atoms with E-state index < -0.39 is 23.4 Å². The van der Waals surface area contributed by atoms with Gasteiger partial charge in [0, 0.05) is 6.04 Å². The first kappa shape index (κ1) is 17.8. The summed E-state index contributed by atoms with van der Waals surface area (Å²) in [5.41, 5.74) is -1.06. The Labute approximate surface area is 146 Å². The highest BCUT2D eigenvalue weighted by atomic mass is 32.2. The highest BCUT2D eigenvalue weighted by molar-refractivity contribution is 8.18. The summed E-state index contributed by atoms with van der Waals surface area (Å²) in [7, 11) is 0. The van der Waals surface area contributed by atoms with Gasteiger partial charge in [-0.05, 0) is 48.4 Å². The Kier molecular flexibility index (Phi) is 4.81. The maximum atomic E-state index is 12.9. The molecule has 2 aliphatic rings. The van der Waals surface area contributed by atoms with E-state index in [4.69, 9.17) is 0 Å². The van der Waals surface area contributed by atoms with Crippen LogP contribution in [0.25, 0.3) is 6.08 Å². The van der Waals surface area contributed by atoms with E-state index in [2.05, 4.69) is 0 Å². The maximum absolute atomic E-state index is 12.9. The molecule has 1 aliphatic heterocycles. The number of hydrogen-bond donors (Lipinski definition) is 1. The predicted octanol–water partition coefficient (Wildman–Crippen LogP) is 4.78. The van der Waals surface area contributed by atoms with Crippen molar-refractivity contribution in [2.45, 2.75) is 44.3 Å². The largest absolute Gasteiger partial charge is 0.507 e. The summed E-state index contributed by atoms with van der Waals surface area (Å²) in [6, 6.07) is 2.85. The van der Waals surface area contributed by atoms with Crippen LogP contribution in [0.2, 0.25) is 0 Å². The number of halogens is 3. The van der Waals surface area contributed by atoms with Crippen LogP contribution < -0.4 is 0 Å². The van der Waals surface area contributed by atoms with Crippen molar-refractivity contribution < 1.29 is 27.9 Å². The lowest BCUT2D eigenvalue weighted by Crippen LogP contribution is -2.39. The average molecular weight is 371 g/mol. The van der Waals surface area contributed by atoms with Crippen LogP contribution in [0.1, 0.15) is 43.2 Å². The second kappa shape index (κ2) is 6.74. The Bertz CT molecular complexity index is 739. The highest BCUT2D eigenvalue weighted by Gasteiger charge is 2.40. The van der Waals surface area contributed by atoms with Crippen LogP contribution >= 0.6 is 11.8 Å². The van der Waals surface area contributed by atoms with Gasteiger partial charge in [0.15, 0.2) is 0 Å². The number of rotatable bonds is 2. The van der Waals surface area contributed by atoms with Gasteiger partial charge in [-0.3, -0.25) is 14.5 Å². The second-order valence-corrected chi connectivity index (χ2v) is 7.11. The van der Waals surface area contributed by atoms with Crippen LogP contribution in [0.5, 0.6) is 5.75 Å². The number of phenolic OH excluding ortho intramolecular Hbond substituents is 1. The van der Waals surface area contributed by atoms with E-state index in [9.17, 15) is 27.9 Å². The standard InChI is InChI=1S/C17H16F3NO3S/c18-17(19,20)12-8-10(6-7-13(12)22)9-14-15(23)21(16(24)25-14)11-4-2-1-3-5-11/h6-9,11,22H,1-5H2. The summed E-state index contributed by atoms with van der Waals surface area (Å²) in [5, 5.41) is 8.99. The molecule has 1 aromatic carbocycles. The molecule has 1 aromatic rings. The lowest BCUT2D eigenvalue weighted by molar-refractivity contribution is -0.138. The van der Waals surface area contributed by atoms with Gasteiger partial charge < -0.3 is 5.11 Å². The van der Waals surface area contributed by atoms with E-state index >= 15 is 0 Å². The summed E-state index contributed by atoms with van der Waals surface area (Å²) in [4.78, 5) is 26.0. The lowest BCUT2D eigenvalue weighted by atomic mass is 9.94. The minimum absolute atomic E-state index is 0.106. The molecule has 25 heavy (non-hydrogen) atoms. The Morgan fingerprint density at radius 3 is 2.48 bits per heavy atom. The van der Waals surface area contributed by atoms with Crippen molar-refractivity contribution >= 4 is 29.0 Å². The van der Waals surface area contributed by atoms with Crippen molar-refractivity contribution in [3.05, 3.63) is 34.2 Å². The molecule has 0 radical (unpaired) electrons. The van der Waals surface area contributed by atoms with Gasteiger partial charge in [0.1, 0.15) is 5.75 Å². The van der Waals surface area contributed by atoms with Gasteiger partial charge in [-0.25, -0.2) is 0 Å². The van der Waals surface area contributed by atoms with Crippen LogP contribution in [-0.4, -0.2) is 27.2 Å². The summed E-state index contributed by atoms with van der Waals surface area (Å²) >= 11 is 0.743. The summed E-state index contributed by atoms with van der Waals surface area (Å²) in [5.74, 6) is -1.33. The molecular formula is C17H16F3NO3S. The molecule has 1 saturated heterocycles. The number of nitrogens with zero attached hydrogens (tertiary/aromatic N) is 1. The second-order valence-electron chi connectivity index (χ2n) is 6.12. The van der Waals surface area contributed by atoms with Gasteiger partial charge in [0.05, 0.1) is 10.5 Å². The number of carbonyl (C=O) groups excluding carboxylic acids is 2. The predicted molar refractivity (Wildman–Crippen MR) is 87.8 cm³/mol. The molecule has 2 amide bonds. The number of thioether (sulfide) groups is 1. The third kappa shape index (κ3) is 3.68. The number of benzene rings is 1. The topological polar surface area (TPSA) is 57.6 Å². The Morgan fingerprint density at radius 1 is 1.16 bits per heavy atom. The first-order valence-electron chi connectivity index (χ1n) is 7.94. The minimum Gasteiger partial charge on any atom is -0.507 e. The van der Waals surface area contributed by atoms with Crippen molar-refractivity contribution in [3.8, 4) is 5.75 Å². The number of amides is 2. The van der Waals surface area contributed by atoms with Crippen LogP contribution in [-0.2, 0) is 11.0 Å². The van der Waals surface area contributed by atoms with Crippen molar-refractivity contribution in [2.75, 3.05) is 0 Å². The number of imide groups is 1. The number of alkyl halides is 3. The molecule has 0 unspecified atom stereocenters. The summed E-state index contributed by atoms with van der Waals surface area (Å²) < 4.78 is 38.6. The molecule has 3 rings (SSSR count). The number of carbonyl (C=O) groups is 2. The van der Waals surface area contributed by atoms with Crippen molar-refractivity contribution in [3.63, 3.8) is 0 Å². The van der Waals surface area contributed by atoms with Crippen molar-refractivity contribution in [2.24, 2.45) is 0 Å². The van der Waals surface area contributed by atoms with E-state index in [1.807, 2.05) is 0 Å². The van der Waals surface area contributed by atoms with Gasteiger partial charge in [0.25, 0.3) is 11.1 Å². The third-order valence-corrected chi connectivity index (χ3v) is 5.27. The minimum atomic E-state index is -4.70. The van der Waals surface area contributed by atoms with Crippen LogP contribution in [0.3, 0.4) is 0 Å². The zero-order valence-electron chi connectivity index (χ0n) is 13.2.